The molecule has 2 aliphatic rings. The van der Waals surface area contributed by atoms with Crippen molar-refractivity contribution < 1.29 is 0 Å². The maximum absolute atomic E-state index is 3.93. The van der Waals surface area contributed by atoms with Crippen molar-refractivity contribution in [3.63, 3.8) is 0 Å². The minimum absolute atomic E-state index is 0.689. The molecule has 0 aromatic carbocycles. The largest absolute Gasteiger partial charge is 0.459 e. The average molecular weight is 139 g/mol. The summed E-state index contributed by atoms with van der Waals surface area (Å²) in [6.07, 6.45) is 2.70. The molecule has 10 heavy (non-hydrogen) atoms. The highest BCUT2D eigenvalue weighted by atomic mass is 15.1. The summed E-state index contributed by atoms with van der Waals surface area (Å²) in [4.78, 5) is 2.18. The Kier molecular flexibility index (Phi) is 1.46. The standard InChI is InChI=1S/C8H15N2/c1-10-4-2-8(3-5-10)6-9-7-8/h9H,1-7H2/q-1. The van der Waals surface area contributed by atoms with E-state index in [9.17, 15) is 0 Å². The lowest BCUT2D eigenvalue weighted by atomic mass is 9.74. The summed E-state index contributed by atoms with van der Waals surface area (Å²) < 4.78 is 0. The van der Waals surface area contributed by atoms with E-state index in [0.29, 0.717) is 5.41 Å². The van der Waals surface area contributed by atoms with Crippen molar-refractivity contribution in [1.82, 2.24) is 10.2 Å². The van der Waals surface area contributed by atoms with Gasteiger partial charge in [0, 0.05) is 13.1 Å². The van der Waals surface area contributed by atoms with E-state index in [1.165, 1.54) is 39.0 Å². The number of hydrogen-bond acceptors (Lipinski definition) is 2. The van der Waals surface area contributed by atoms with Crippen LogP contribution < -0.4 is 5.32 Å². The second-order valence-corrected chi connectivity index (χ2v) is 3.72. The molecule has 0 amide bonds. The van der Waals surface area contributed by atoms with Gasteiger partial charge in [0.1, 0.15) is 0 Å². The lowest BCUT2D eigenvalue weighted by Crippen LogP contribution is -2.57. The molecule has 0 saturated carbocycles. The van der Waals surface area contributed by atoms with Crippen LogP contribution in [0.2, 0.25) is 0 Å². The van der Waals surface area contributed by atoms with Crippen molar-refractivity contribution in [1.29, 1.82) is 0 Å². The smallest absolute Gasteiger partial charge is 0.00211 e. The zero-order valence-corrected chi connectivity index (χ0v) is 6.40. The number of rotatable bonds is 0. The molecule has 0 radical (unpaired) electrons. The van der Waals surface area contributed by atoms with E-state index in [-0.39, 0.29) is 0 Å². The Bertz CT molecular complexity index is 119. The Morgan fingerprint density at radius 3 is 2.20 bits per heavy atom. The molecule has 0 aromatic heterocycles. The molecular weight excluding hydrogens is 124 g/mol. The fourth-order valence-corrected chi connectivity index (χ4v) is 1.86. The van der Waals surface area contributed by atoms with Crippen molar-refractivity contribution in [3.05, 3.63) is 7.05 Å². The first-order chi connectivity index (χ1) is 4.81. The van der Waals surface area contributed by atoms with Gasteiger partial charge in [0.05, 0.1) is 0 Å². The maximum Gasteiger partial charge on any atom is 0.00211 e. The van der Waals surface area contributed by atoms with Crippen molar-refractivity contribution in [2.45, 2.75) is 12.8 Å². The average Bonchev–Trinajstić information content (AvgIpc) is 1.86. The molecule has 0 aromatic rings. The first-order valence-electron chi connectivity index (χ1n) is 4.07. The fraction of sp³-hybridized carbons (Fsp3) is 0.875. The summed E-state index contributed by atoms with van der Waals surface area (Å²) in [5.41, 5.74) is 0.689. The van der Waals surface area contributed by atoms with Crippen LogP contribution in [-0.2, 0) is 0 Å². The van der Waals surface area contributed by atoms with E-state index in [2.05, 4.69) is 17.3 Å². The predicted octanol–water partition coefficient (Wildman–Crippen LogP) is 0.463. The van der Waals surface area contributed by atoms with Gasteiger partial charge in [-0.1, -0.05) is 0 Å². The summed E-state index contributed by atoms with van der Waals surface area (Å²) in [6, 6.07) is 0. The molecular formula is C8H15N2-. The lowest BCUT2D eigenvalue weighted by molar-refractivity contribution is 0.0740. The molecule has 0 atom stereocenters. The van der Waals surface area contributed by atoms with Gasteiger partial charge in [-0.3, -0.25) is 7.05 Å². The van der Waals surface area contributed by atoms with Crippen LogP contribution in [-0.4, -0.2) is 31.1 Å². The highest BCUT2D eigenvalue weighted by Gasteiger charge is 2.37. The van der Waals surface area contributed by atoms with Crippen LogP contribution in [0.25, 0.3) is 0 Å². The molecule has 0 unspecified atom stereocenters. The van der Waals surface area contributed by atoms with Crippen molar-refractivity contribution in [3.8, 4) is 0 Å². The van der Waals surface area contributed by atoms with E-state index in [0.717, 1.165) is 0 Å². The zero-order valence-electron chi connectivity index (χ0n) is 6.40. The Labute approximate surface area is 62.6 Å². The molecule has 2 heterocycles. The summed E-state index contributed by atoms with van der Waals surface area (Å²) in [5.74, 6) is 0. The summed E-state index contributed by atoms with van der Waals surface area (Å²) in [5, 5.41) is 3.35. The first kappa shape index (κ1) is 6.62. The Balaban J connectivity index is 1.90. The fourth-order valence-electron chi connectivity index (χ4n) is 1.86. The highest BCUT2D eigenvalue weighted by Crippen LogP contribution is 2.34. The van der Waals surface area contributed by atoms with Crippen LogP contribution in [0.15, 0.2) is 0 Å². The van der Waals surface area contributed by atoms with Crippen LogP contribution >= 0.6 is 0 Å². The molecule has 2 aliphatic heterocycles. The summed E-state index contributed by atoms with van der Waals surface area (Å²) in [7, 11) is 3.93. The van der Waals surface area contributed by atoms with Gasteiger partial charge in [-0.05, 0) is 31.3 Å². The van der Waals surface area contributed by atoms with Crippen LogP contribution in [0.3, 0.4) is 0 Å². The van der Waals surface area contributed by atoms with Gasteiger partial charge in [0.15, 0.2) is 0 Å². The van der Waals surface area contributed by atoms with Gasteiger partial charge in [-0.25, -0.2) is 0 Å². The number of nitrogens with one attached hydrogen (secondary N) is 1. The minimum Gasteiger partial charge on any atom is -0.459 e. The number of nitrogens with zero attached hydrogens (tertiary/aromatic N) is 1. The molecule has 2 fully saturated rings. The van der Waals surface area contributed by atoms with E-state index in [1.54, 1.807) is 0 Å². The van der Waals surface area contributed by atoms with Crippen molar-refractivity contribution in [2.24, 2.45) is 5.41 Å². The first-order valence-corrected chi connectivity index (χ1v) is 4.07. The monoisotopic (exact) mass is 139 g/mol. The van der Waals surface area contributed by atoms with Gasteiger partial charge in [0.2, 0.25) is 0 Å². The second kappa shape index (κ2) is 2.21. The quantitative estimate of drug-likeness (QED) is 0.491. The third kappa shape index (κ3) is 0.956. The molecule has 1 spiro atoms. The van der Waals surface area contributed by atoms with Crippen LogP contribution in [0, 0.1) is 12.5 Å². The van der Waals surface area contributed by atoms with E-state index < -0.39 is 0 Å². The third-order valence-corrected chi connectivity index (χ3v) is 2.92. The van der Waals surface area contributed by atoms with Gasteiger partial charge in [-0.2, -0.15) is 0 Å². The van der Waals surface area contributed by atoms with E-state index in [1.807, 2.05) is 0 Å². The molecule has 0 bridgehead atoms. The number of likely N-dealkylation sites (tertiary alicyclic amines) is 1. The molecule has 2 nitrogen and oxygen atoms in total. The lowest BCUT2D eigenvalue weighted by Gasteiger charge is -2.49. The van der Waals surface area contributed by atoms with Gasteiger partial charge < -0.3 is 10.2 Å². The molecule has 2 heteroatoms. The summed E-state index contributed by atoms with van der Waals surface area (Å²) >= 11 is 0. The maximum atomic E-state index is 3.93. The normalized spacial score (nSPS) is 32.1. The van der Waals surface area contributed by atoms with Gasteiger partial charge in [-0.15, -0.1) is 0 Å². The van der Waals surface area contributed by atoms with E-state index >= 15 is 0 Å². The predicted molar refractivity (Wildman–Crippen MR) is 41.5 cm³/mol. The van der Waals surface area contributed by atoms with Crippen LogP contribution in [0.1, 0.15) is 12.8 Å². The van der Waals surface area contributed by atoms with Crippen LogP contribution in [0.4, 0.5) is 0 Å². The van der Waals surface area contributed by atoms with E-state index in [4.69, 9.17) is 0 Å². The third-order valence-electron chi connectivity index (χ3n) is 2.92. The Morgan fingerprint density at radius 2 is 1.80 bits per heavy atom. The zero-order chi connectivity index (χ0) is 7.03. The molecule has 2 saturated heterocycles. The Morgan fingerprint density at radius 1 is 1.20 bits per heavy atom. The minimum atomic E-state index is 0.689. The molecule has 1 N–H and O–H groups in total. The number of piperidine rings is 1. The van der Waals surface area contributed by atoms with Gasteiger partial charge >= 0.3 is 0 Å². The highest BCUT2D eigenvalue weighted by molar-refractivity contribution is 4.95. The van der Waals surface area contributed by atoms with Crippen LogP contribution in [0.5, 0.6) is 0 Å². The van der Waals surface area contributed by atoms with Crippen molar-refractivity contribution >= 4 is 0 Å². The SMILES string of the molecule is [CH2-]N1CCC2(CC1)CNC2. The Hall–Kier alpha value is -0.0800. The second-order valence-electron chi connectivity index (χ2n) is 3.72. The molecule has 0 aliphatic carbocycles. The molecule has 2 rings (SSSR count). The summed E-state index contributed by atoms with van der Waals surface area (Å²) in [6.45, 7) is 4.89. The molecule has 58 valence electrons. The van der Waals surface area contributed by atoms with Gasteiger partial charge in [0.25, 0.3) is 0 Å². The van der Waals surface area contributed by atoms with Crippen molar-refractivity contribution in [2.75, 3.05) is 26.2 Å². The number of hydrogen-bond donors (Lipinski definition) is 1. The topological polar surface area (TPSA) is 15.3 Å².